The molecule has 0 spiro atoms. The Morgan fingerprint density at radius 2 is 1.71 bits per heavy atom. The van der Waals surface area contributed by atoms with E-state index < -0.39 is 12.1 Å². The zero-order valence-corrected chi connectivity index (χ0v) is 12.1. The summed E-state index contributed by atoms with van der Waals surface area (Å²) in [7, 11) is 0. The average Bonchev–Trinajstić information content (AvgIpc) is 2.32. The topological polar surface area (TPSA) is 75.3 Å². The predicted octanol–water partition coefficient (Wildman–Crippen LogP) is 1.30. The first-order chi connectivity index (χ1) is 7.43. The largest absolute Gasteiger partial charge is 0.391 e. The number of nitrogens with one attached hydrogen (secondary N) is 1. The number of rotatable bonds is 7. The molecule has 0 aromatic heterocycles. The van der Waals surface area contributed by atoms with Gasteiger partial charge in [0.05, 0.1) is 12.1 Å². The molecule has 17 heavy (non-hydrogen) atoms. The van der Waals surface area contributed by atoms with E-state index in [9.17, 15) is 9.90 Å². The minimum Gasteiger partial charge on any atom is -0.391 e. The van der Waals surface area contributed by atoms with Crippen LogP contribution in [0.15, 0.2) is 0 Å². The van der Waals surface area contributed by atoms with Gasteiger partial charge in [-0.15, -0.1) is 12.4 Å². The van der Waals surface area contributed by atoms with E-state index in [0.29, 0.717) is 0 Å². The normalized spacial score (nSPS) is 17.5. The van der Waals surface area contributed by atoms with Crippen LogP contribution in [-0.2, 0) is 4.79 Å². The average molecular weight is 267 g/mol. The van der Waals surface area contributed by atoms with E-state index in [4.69, 9.17) is 5.73 Å². The molecule has 0 saturated heterocycles. The van der Waals surface area contributed by atoms with Crippen LogP contribution in [0.25, 0.3) is 0 Å². The molecule has 4 nitrogen and oxygen atoms in total. The third kappa shape index (κ3) is 6.86. The van der Waals surface area contributed by atoms with Gasteiger partial charge in [0.2, 0.25) is 5.91 Å². The molecule has 0 bridgehead atoms. The van der Waals surface area contributed by atoms with Gasteiger partial charge in [-0.1, -0.05) is 40.5 Å². The number of aliphatic hydroxyl groups is 1. The van der Waals surface area contributed by atoms with Crippen molar-refractivity contribution in [3.8, 4) is 0 Å². The molecule has 1 amide bonds. The standard InChI is InChI=1S/C12H26N2O2.ClH/c1-5-8(3)10(15)7-14-12(16)11(13)9(4)6-2;/h8-11,15H,5-7,13H2,1-4H3,(H,14,16);1H. The summed E-state index contributed by atoms with van der Waals surface area (Å²) in [6, 6.07) is -0.478. The number of aliphatic hydroxyl groups excluding tert-OH is 1. The highest BCUT2D eigenvalue weighted by Gasteiger charge is 2.20. The Bertz CT molecular complexity index is 215. The van der Waals surface area contributed by atoms with Crippen LogP contribution in [0.4, 0.5) is 0 Å². The summed E-state index contributed by atoms with van der Waals surface area (Å²) < 4.78 is 0. The van der Waals surface area contributed by atoms with Crippen molar-refractivity contribution in [2.75, 3.05) is 6.54 Å². The number of carbonyl (C=O) groups is 1. The lowest BCUT2D eigenvalue weighted by Crippen LogP contribution is -2.47. The maximum absolute atomic E-state index is 11.6. The molecule has 0 aromatic carbocycles. The van der Waals surface area contributed by atoms with Crippen LogP contribution in [0, 0.1) is 11.8 Å². The van der Waals surface area contributed by atoms with Gasteiger partial charge in [0.25, 0.3) is 0 Å². The smallest absolute Gasteiger partial charge is 0.237 e. The van der Waals surface area contributed by atoms with Crippen LogP contribution >= 0.6 is 12.4 Å². The Hall–Kier alpha value is -0.320. The minimum atomic E-state index is -0.488. The summed E-state index contributed by atoms with van der Waals surface area (Å²) in [5.41, 5.74) is 5.77. The first-order valence-electron chi connectivity index (χ1n) is 6.15. The van der Waals surface area contributed by atoms with Gasteiger partial charge in [0.1, 0.15) is 0 Å². The lowest BCUT2D eigenvalue weighted by molar-refractivity contribution is -0.124. The van der Waals surface area contributed by atoms with Crippen molar-refractivity contribution in [3.05, 3.63) is 0 Å². The lowest BCUT2D eigenvalue weighted by atomic mass is 9.98. The van der Waals surface area contributed by atoms with Gasteiger partial charge in [-0.2, -0.15) is 0 Å². The minimum absolute atomic E-state index is 0. The van der Waals surface area contributed by atoms with E-state index in [-0.39, 0.29) is 36.7 Å². The van der Waals surface area contributed by atoms with E-state index in [1.54, 1.807) is 0 Å². The van der Waals surface area contributed by atoms with Gasteiger partial charge in [-0.25, -0.2) is 0 Å². The summed E-state index contributed by atoms with van der Waals surface area (Å²) >= 11 is 0. The van der Waals surface area contributed by atoms with Crippen molar-refractivity contribution in [2.45, 2.75) is 52.7 Å². The van der Waals surface area contributed by atoms with Crippen molar-refractivity contribution in [1.29, 1.82) is 0 Å². The van der Waals surface area contributed by atoms with Crippen molar-refractivity contribution in [3.63, 3.8) is 0 Å². The maximum Gasteiger partial charge on any atom is 0.237 e. The zero-order chi connectivity index (χ0) is 12.7. The van der Waals surface area contributed by atoms with Crippen LogP contribution in [0.2, 0.25) is 0 Å². The molecule has 5 heteroatoms. The Morgan fingerprint density at radius 1 is 1.24 bits per heavy atom. The molecule has 0 fully saturated rings. The molecule has 0 aliphatic rings. The summed E-state index contributed by atoms with van der Waals surface area (Å²) in [4.78, 5) is 11.6. The third-order valence-electron chi connectivity index (χ3n) is 3.35. The predicted molar refractivity (Wildman–Crippen MR) is 73.1 cm³/mol. The van der Waals surface area contributed by atoms with E-state index in [2.05, 4.69) is 5.32 Å². The maximum atomic E-state index is 11.6. The fourth-order valence-electron chi connectivity index (χ4n) is 1.31. The third-order valence-corrected chi connectivity index (χ3v) is 3.35. The number of carbonyl (C=O) groups excluding carboxylic acids is 1. The van der Waals surface area contributed by atoms with Gasteiger partial charge in [0, 0.05) is 6.54 Å². The highest BCUT2D eigenvalue weighted by Crippen LogP contribution is 2.07. The Labute approximate surface area is 111 Å². The van der Waals surface area contributed by atoms with E-state index in [1.807, 2.05) is 27.7 Å². The lowest BCUT2D eigenvalue weighted by Gasteiger charge is -2.21. The molecular formula is C12H27ClN2O2. The van der Waals surface area contributed by atoms with Gasteiger partial charge < -0.3 is 16.2 Å². The molecule has 4 N–H and O–H groups in total. The van der Waals surface area contributed by atoms with E-state index in [1.165, 1.54) is 0 Å². The van der Waals surface area contributed by atoms with E-state index in [0.717, 1.165) is 12.8 Å². The molecule has 0 radical (unpaired) electrons. The van der Waals surface area contributed by atoms with Crippen molar-refractivity contribution >= 4 is 18.3 Å². The fourth-order valence-corrected chi connectivity index (χ4v) is 1.31. The molecule has 4 unspecified atom stereocenters. The number of nitrogens with two attached hydrogens (primary N) is 1. The zero-order valence-electron chi connectivity index (χ0n) is 11.3. The number of halogens is 1. The number of hydrogen-bond acceptors (Lipinski definition) is 3. The molecule has 4 atom stereocenters. The summed E-state index contributed by atoms with van der Waals surface area (Å²) in [5, 5.41) is 12.4. The summed E-state index contributed by atoms with van der Waals surface area (Å²) in [5.74, 6) is 0.192. The molecule has 0 heterocycles. The number of amides is 1. The van der Waals surface area contributed by atoms with Gasteiger partial charge >= 0.3 is 0 Å². The first-order valence-corrected chi connectivity index (χ1v) is 6.15. The highest BCUT2D eigenvalue weighted by molar-refractivity contribution is 5.85. The monoisotopic (exact) mass is 266 g/mol. The molecular weight excluding hydrogens is 240 g/mol. The molecule has 104 valence electrons. The van der Waals surface area contributed by atoms with Crippen molar-refractivity contribution in [1.82, 2.24) is 5.32 Å². The quantitative estimate of drug-likeness (QED) is 0.650. The van der Waals surface area contributed by atoms with E-state index >= 15 is 0 Å². The summed E-state index contributed by atoms with van der Waals surface area (Å²) in [6.07, 6.45) is 1.29. The van der Waals surface area contributed by atoms with Gasteiger partial charge in [-0.05, 0) is 11.8 Å². The van der Waals surface area contributed by atoms with Gasteiger partial charge in [0.15, 0.2) is 0 Å². The van der Waals surface area contributed by atoms with Crippen LogP contribution in [0.5, 0.6) is 0 Å². The Balaban J connectivity index is 0. The van der Waals surface area contributed by atoms with Crippen LogP contribution in [0.1, 0.15) is 40.5 Å². The Kier molecular flexibility index (Phi) is 10.8. The van der Waals surface area contributed by atoms with Gasteiger partial charge in [-0.3, -0.25) is 4.79 Å². The fraction of sp³-hybridized carbons (Fsp3) is 0.917. The second-order valence-electron chi connectivity index (χ2n) is 4.61. The highest BCUT2D eigenvalue weighted by atomic mass is 35.5. The molecule has 0 saturated carbocycles. The number of hydrogen-bond donors (Lipinski definition) is 3. The van der Waals surface area contributed by atoms with Crippen LogP contribution in [-0.4, -0.2) is 29.7 Å². The molecule has 0 aromatic rings. The molecule has 0 aliphatic heterocycles. The second kappa shape index (κ2) is 9.68. The van der Waals surface area contributed by atoms with Crippen LogP contribution < -0.4 is 11.1 Å². The molecule has 0 aliphatic carbocycles. The second-order valence-corrected chi connectivity index (χ2v) is 4.61. The van der Waals surface area contributed by atoms with Crippen molar-refractivity contribution < 1.29 is 9.90 Å². The summed E-state index contributed by atoms with van der Waals surface area (Å²) in [6.45, 7) is 8.23. The Morgan fingerprint density at radius 3 is 2.12 bits per heavy atom. The first kappa shape index (κ1) is 19.0. The van der Waals surface area contributed by atoms with Crippen molar-refractivity contribution in [2.24, 2.45) is 17.6 Å². The SMILES string of the molecule is CCC(C)C(O)CNC(=O)C(N)C(C)CC.Cl. The molecule has 0 rings (SSSR count). The van der Waals surface area contributed by atoms with Crippen LogP contribution in [0.3, 0.4) is 0 Å².